The molecule has 31 heavy (non-hydrogen) atoms. The molecule has 0 fully saturated rings. The molecule has 2 aromatic rings. The molecular weight excluding hydrogens is 406 g/mol. The number of ether oxygens (including phenoxy) is 2. The maximum absolute atomic E-state index is 6.61. The summed E-state index contributed by atoms with van der Waals surface area (Å²) in [5.74, 6) is 1.92. The summed E-state index contributed by atoms with van der Waals surface area (Å²) in [4.78, 5) is 0. The Hall–Kier alpha value is -1.55. The summed E-state index contributed by atoms with van der Waals surface area (Å²) in [6.07, 6.45) is 1.73. The molecular formula is C27H42ClNO2. The van der Waals surface area contributed by atoms with Gasteiger partial charge in [-0.3, -0.25) is 0 Å². The maximum Gasteiger partial charge on any atom is 0.255 e. The third-order valence-corrected chi connectivity index (χ3v) is 5.89. The normalized spacial score (nSPS) is 13.2. The van der Waals surface area contributed by atoms with E-state index in [-0.39, 0.29) is 24.2 Å². The van der Waals surface area contributed by atoms with Crippen molar-refractivity contribution in [2.45, 2.75) is 65.8 Å². The Morgan fingerprint density at radius 2 is 1.29 bits per heavy atom. The van der Waals surface area contributed by atoms with E-state index in [1.54, 1.807) is 0 Å². The quantitative estimate of drug-likeness (QED) is 0.366. The fourth-order valence-corrected chi connectivity index (χ4v) is 4.74. The standard InChI is InChI=1S/C27H42NO2.ClH/c1-8-29-26(30-25-17-13-10-14-18-25)27(19-22(2)3,20-23(4)5)28(6,7)21-24-15-11-9-12-16-24;/h9-18,22-23,26H,8,19-21H2,1-7H3;1H/q+1;/p-1. The van der Waals surface area contributed by atoms with E-state index >= 15 is 0 Å². The van der Waals surface area contributed by atoms with Crippen LogP contribution in [0.1, 0.15) is 53.0 Å². The van der Waals surface area contributed by atoms with Crippen molar-refractivity contribution in [3.8, 4) is 5.75 Å². The number of hydrogen-bond acceptors (Lipinski definition) is 2. The Morgan fingerprint density at radius 3 is 1.74 bits per heavy atom. The van der Waals surface area contributed by atoms with Gasteiger partial charge in [-0.05, 0) is 30.9 Å². The second kappa shape index (κ2) is 12.5. The predicted octanol–water partition coefficient (Wildman–Crippen LogP) is 3.54. The molecule has 0 spiro atoms. The lowest BCUT2D eigenvalue weighted by Crippen LogP contribution is -3.00. The van der Waals surface area contributed by atoms with Crippen LogP contribution in [0.4, 0.5) is 0 Å². The molecule has 0 bridgehead atoms. The van der Waals surface area contributed by atoms with Crippen LogP contribution in [0.5, 0.6) is 5.75 Å². The Bertz CT molecular complexity index is 721. The van der Waals surface area contributed by atoms with E-state index in [1.165, 1.54) is 5.56 Å². The fourth-order valence-electron chi connectivity index (χ4n) is 4.74. The van der Waals surface area contributed by atoms with E-state index < -0.39 is 0 Å². The Morgan fingerprint density at radius 1 is 0.806 bits per heavy atom. The number of quaternary nitrogens is 1. The Balaban J connectivity index is 0.00000480. The van der Waals surface area contributed by atoms with Gasteiger partial charge >= 0.3 is 0 Å². The SMILES string of the molecule is CCOC(Oc1ccccc1)C(CC(C)C)(CC(C)C)[N+](C)(C)Cc1ccccc1.[Cl-]. The van der Waals surface area contributed by atoms with Crippen molar-refractivity contribution < 1.29 is 26.4 Å². The first-order chi connectivity index (χ1) is 14.2. The third kappa shape index (κ3) is 7.52. The Kier molecular flexibility index (Phi) is 11.1. The molecule has 0 saturated heterocycles. The zero-order valence-electron chi connectivity index (χ0n) is 20.5. The lowest BCUT2D eigenvalue weighted by molar-refractivity contribution is -0.963. The molecule has 2 rings (SSSR count). The minimum atomic E-state index is -0.326. The number of nitrogens with zero attached hydrogens (tertiary/aromatic N) is 1. The van der Waals surface area contributed by atoms with Crippen LogP contribution >= 0.6 is 0 Å². The average molecular weight is 448 g/mol. The first kappa shape index (κ1) is 27.5. The molecule has 174 valence electrons. The molecule has 0 aromatic heterocycles. The van der Waals surface area contributed by atoms with Gasteiger partial charge in [-0.1, -0.05) is 76.2 Å². The van der Waals surface area contributed by atoms with Gasteiger partial charge < -0.3 is 26.4 Å². The van der Waals surface area contributed by atoms with E-state index in [9.17, 15) is 0 Å². The number of para-hydroxylation sites is 1. The van der Waals surface area contributed by atoms with Crippen LogP contribution in [-0.2, 0) is 11.3 Å². The van der Waals surface area contributed by atoms with Crippen molar-refractivity contribution in [2.75, 3.05) is 20.7 Å². The van der Waals surface area contributed by atoms with Crippen molar-refractivity contribution in [1.82, 2.24) is 0 Å². The molecule has 4 heteroatoms. The van der Waals surface area contributed by atoms with Crippen molar-refractivity contribution in [3.05, 3.63) is 66.2 Å². The van der Waals surface area contributed by atoms with E-state index in [0.29, 0.717) is 18.4 Å². The van der Waals surface area contributed by atoms with Crippen LogP contribution in [-0.4, -0.2) is 37.0 Å². The Labute approximate surface area is 196 Å². The first-order valence-corrected chi connectivity index (χ1v) is 11.4. The minimum Gasteiger partial charge on any atom is -1.00 e. The molecule has 3 nitrogen and oxygen atoms in total. The van der Waals surface area contributed by atoms with Crippen molar-refractivity contribution >= 4 is 0 Å². The molecule has 0 radical (unpaired) electrons. The fraction of sp³-hybridized carbons (Fsp3) is 0.556. The zero-order chi connectivity index (χ0) is 22.2. The van der Waals surface area contributed by atoms with Crippen LogP contribution in [0.2, 0.25) is 0 Å². The zero-order valence-corrected chi connectivity index (χ0v) is 21.2. The van der Waals surface area contributed by atoms with Gasteiger partial charge in [0.15, 0.2) is 5.54 Å². The summed E-state index contributed by atoms with van der Waals surface area (Å²) in [6.45, 7) is 12.9. The summed E-state index contributed by atoms with van der Waals surface area (Å²) >= 11 is 0. The van der Waals surface area contributed by atoms with E-state index in [1.807, 2.05) is 30.3 Å². The van der Waals surface area contributed by atoms with Crippen LogP contribution in [0.15, 0.2) is 60.7 Å². The second-order valence-corrected chi connectivity index (χ2v) is 9.85. The van der Waals surface area contributed by atoms with Gasteiger partial charge in [-0.15, -0.1) is 0 Å². The number of likely N-dealkylation sites (N-methyl/N-ethyl adjacent to an activating group) is 1. The van der Waals surface area contributed by atoms with Gasteiger partial charge in [0.1, 0.15) is 12.3 Å². The van der Waals surface area contributed by atoms with E-state index in [2.05, 4.69) is 79.0 Å². The molecule has 1 atom stereocenters. The maximum atomic E-state index is 6.61. The number of benzene rings is 2. The molecule has 1 unspecified atom stereocenters. The summed E-state index contributed by atoms with van der Waals surface area (Å²) in [7, 11) is 4.69. The largest absolute Gasteiger partial charge is 1.00 e. The van der Waals surface area contributed by atoms with Crippen molar-refractivity contribution in [3.63, 3.8) is 0 Å². The topological polar surface area (TPSA) is 18.5 Å². The highest BCUT2D eigenvalue weighted by Crippen LogP contribution is 2.41. The van der Waals surface area contributed by atoms with Gasteiger partial charge in [0, 0.05) is 25.0 Å². The lowest BCUT2D eigenvalue weighted by Gasteiger charge is -2.53. The number of halogens is 1. The van der Waals surface area contributed by atoms with Crippen molar-refractivity contribution in [2.24, 2.45) is 11.8 Å². The van der Waals surface area contributed by atoms with Gasteiger partial charge in [0.2, 0.25) is 0 Å². The van der Waals surface area contributed by atoms with Crippen LogP contribution in [0.25, 0.3) is 0 Å². The number of hydrogen-bond donors (Lipinski definition) is 0. The molecule has 0 heterocycles. The highest BCUT2D eigenvalue weighted by atomic mass is 35.5. The molecule has 2 aromatic carbocycles. The van der Waals surface area contributed by atoms with Gasteiger partial charge in [0.05, 0.1) is 14.1 Å². The summed E-state index contributed by atoms with van der Waals surface area (Å²) in [6, 6.07) is 20.9. The van der Waals surface area contributed by atoms with Crippen LogP contribution in [0.3, 0.4) is 0 Å². The predicted molar refractivity (Wildman–Crippen MR) is 126 cm³/mol. The molecule has 0 saturated carbocycles. The highest BCUT2D eigenvalue weighted by molar-refractivity contribution is 5.21. The summed E-state index contributed by atoms with van der Waals surface area (Å²) in [5, 5.41) is 0. The van der Waals surface area contributed by atoms with Gasteiger partial charge in [0.25, 0.3) is 6.29 Å². The van der Waals surface area contributed by atoms with E-state index in [4.69, 9.17) is 9.47 Å². The molecule has 0 amide bonds. The van der Waals surface area contributed by atoms with Crippen LogP contribution < -0.4 is 17.1 Å². The average Bonchev–Trinajstić information content (AvgIpc) is 2.67. The number of rotatable bonds is 12. The van der Waals surface area contributed by atoms with Gasteiger partial charge in [-0.2, -0.15) is 0 Å². The van der Waals surface area contributed by atoms with Crippen LogP contribution in [0, 0.1) is 11.8 Å². The second-order valence-electron chi connectivity index (χ2n) is 9.85. The monoisotopic (exact) mass is 447 g/mol. The van der Waals surface area contributed by atoms with E-state index in [0.717, 1.165) is 29.6 Å². The summed E-state index contributed by atoms with van der Waals surface area (Å²) in [5.41, 5.74) is 1.15. The molecule has 0 aliphatic heterocycles. The first-order valence-electron chi connectivity index (χ1n) is 11.4. The minimum absolute atomic E-state index is 0. The molecule has 0 aliphatic carbocycles. The third-order valence-electron chi connectivity index (χ3n) is 5.89. The molecule has 0 aliphatic rings. The lowest BCUT2D eigenvalue weighted by atomic mass is 9.77. The smallest absolute Gasteiger partial charge is 0.255 e. The molecule has 0 N–H and O–H groups in total. The summed E-state index contributed by atoms with van der Waals surface area (Å²) < 4.78 is 13.8. The van der Waals surface area contributed by atoms with Crippen molar-refractivity contribution in [1.29, 1.82) is 0 Å². The highest BCUT2D eigenvalue weighted by Gasteiger charge is 2.54. The van der Waals surface area contributed by atoms with Gasteiger partial charge in [-0.25, -0.2) is 0 Å².